The van der Waals surface area contributed by atoms with E-state index in [1.807, 2.05) is 36.5 Å². The lowest BCUT2D eigenvalue weighted by Gasteiger charge is -2.04. The van der Waals surface area contributed by atoms with Crippen molar-refractivity contribution < 1.29 is 9.50 Å². The van der Waals surface area contributed by atoms with Gasteiger partial charge in [-0.25, -0.2) is 9.07 Å². The zero-order chi connectivity index (χ0) is 13.9. The Labute approximate surface area is 115 Å². The lowest BCUT2D eigenvalue weighted by molar-refractivity contribution is 0.281. The first kappa shape index (κ1) is 12.6. The first-order chi connectivity index (χ1) is 9.76. The molecular weight excluding hydrogens is 255 g/mol. The Balaban J connectivity index is 2.00. The molecule has 0 aliphatic rings. The molecule has 0 saturated carbocycles. The fraction of sp³-hybridized carbons (Fsp3) is 0.0625. The molecule has 2 aromatic carbocycles. The van der Waals surface area contributed by atoms with Crippen LogP contribution in [0.25, 0.3) is 16.8 Å². The van der Waals surface area contributed by atoms with Crippen molar-refractivity contribution in [2.45, 2.75) is 6.61 Å². The number of aromatic nitrogens is 2. The van der Waals surface area contributed by atoms with E-state index in [-0.39, 0.29) is 12.4 Å². The van der Waals surface area contributed by atoms with Crippen molar-refractivity contribution in [3.8, 4) is 16.8 Å². The van der Waals surface area contributed by atoms with Crippen LogP contribution >= 0.6 is 0 Å². The standard InChI is InChI=1S/C16H13FN2O/c17-15-6-12(11-20)7-16(8-15)19-10-14(9-18-19)13-4-2-1-3-5-13/h1-10,20H,11H2. The maximum atomic E-state index is 13.5. The number of aliphatic hydroxyl groups is 1. The van der Waals surface area contributed by atoms with E-state index in [9.17, 15) is 4.39 Å². The Morgan fingerprint density at radius 3 is 2.60 bits per heavy atom. The van der Waals surface area contributed by atoms with E-state index in [4.69, 9.17) is 5.11 Å². The zero-order valence-electron chi connectivity index (χ0n) is 10.7. The number of rotatable bonds is 3. The molecule has 3 rings (SSSR count). The lowest BCUT2D eigenvalue weighted by atomic mass is 10.1. The predicted octanol–water partition coefficient (Wildman–Crippen LogP) is 3.17. The van der Waals surface area contributed by atoms with Crippen molar-refractivity contribution in [2.75, 3.05) is 0 Å². The summed E-state index contributed by atoms with van der Waals surface area (Å²) >= 11 is 0. The fourth-order valence-electron chi connectivity index (χ4n) is 2.10. The Morgan fingerprint density at radius 2 is 1.85 bits per heavy atom. The number of halogens is 1. The third-order valence-electron chi connectivity index (χ3n) is 3.08. The molecule has 3 nitrogen and oxygen atoms in total. The van der Waals surface area contributed by atoms with E-state index in [1.165, 1.54) is 12.1 Å². The second kappa shape index (κ2) is 5.27. The normalized spacial score (nSPS) is 10.7. The summed E-state index contributed by atoms with van der Waals surface area (Å²) in [4.78, 5) is 0. The molecule has 0 atom stereocenters. The lowest BCUT2D eigenvalue weighted by Crippen LogP contribution is -1.97. The van der Waals surface area contributed by atoms with Gasteiger partial charge in [-0.1, -0.05) is 30.3 Å². The Bertz CT molecular complexity index is 722. The van der Waals surface area contributed by atoms with Gasteiger partial charge in [-0.05, 0) is 29.3 Å². The molecule has 0 saturated heterocycles. The summed E-state index contributed by atoms with van der Waals surface area (Å²) in [7, 11) is 0. The van der Waals surface area contributed by atoms with Crippen molar-refractivity contribution in [2.24, 2.45) is 0 Å². The van der Waals surface area contributed by atoms with Crippen molar-refractivity contribution in [1.82, 2.24) is 9.78 Å². The van der Waals surface area contributed by atoms with Crippen LogP contribution in [0.4, 0.5) is 4.39 Å². The van der Waals surface area contributed by atoms with Crippen LogP contribution in [0.15, 0.2) is 60.9 Å². The summed E-state index contributed by atoms with van der Waals surface area (Å²) in [5, 5.41) is 13.4. The first-order valence-corrected chi connectivity index (χ1v) is 6.27. The van der Waals surface area contributed by atoms with Gasteiger partial charge in [0, 0.05) is 11.8 Å². The largest absolute Gasteiger partial charge is 0.392 e. The summed E-state index contributed by atoms with van der Waals surface area (Å²) in [5.41, 5.74) is 3.13. The van der Waals surface area contributed by atoms with Crippen molar-refractivity contribution in [1.29, 1.82) is 0 Å². The van der Waals surface area contributed by atoms with Crippen LogP contribution in [0.3, 0.4) is 0 Å². The van der Waals surface area contributed by atoms with Gasteiger partial charge in [0.25, 0.3) is 0 Å². The molecule has 0 aliphatic heterocycles. The highest BCUT2D eigenvalue weighted by molar-refractivity contribution is 5.62. The number of benzene rings is 2. The highest BCUT2D eigenvalue weighted by atomic mass is 19.1. The molecule has 3 aromatic rings. The van der Waals surface area contributed by atoms with E-state index < -0.39 is 0 Å². The van der Waals surface area contributed by atoms with Crippen molar-refractivity contribution >= 4 is 0 Å². The fourth-order valence-corrected chi connectivity index (χ4v) is 2.10. The minimum Gasteiger partial charge on any atom is -0.392 e. The zero-order valence-corrected chi connectivity index (χ0v) is 10.7. The molecule has 0 fully saturated rings. The number of hydrogen-bond acceptors (Lipinski definition) is 2. The highest BCUT2D eigenvalue weighted by Crippen LogP contribution is 2.20. The van der Waals surface area contributed by atoms with Crippen LogP contribution in [0.1, 0.15) is 5.56 Å². The topological polar surface area (TPSA) is 38.0 Å². The molecule has 1 aromatic heterocycles. The molecule has 100 valence electrons. The smallest absolute Gasteiger partial charge is 0.125 e. The van der Waals surface area contributed by atoms with Crippen LogP contribution in [-0.4, -0.2) is 14.9 Å². The van der Waals surface area contributed by atoms with Gasteiger partial charge < -0.3 is 5.11 Å². The molecule has 4 heteroatoms. The van der Waals surface area contributed by atoms with Gasteiger partial charge in [-0.3, -0.25) is 0 Å². The monoisotopic (exact) mass is 268 g/mol. The minimum atomic E-state index is -0.386. The molecule has 1 N–H and O–H groups in total. The van der Waals surface area contributed by atoms with Crippen molar-refractivity contribution in [3.63, 3.8) is 0 Å². The number of hydrogen-bond donors (Lipinski definition) is 1. The average Bonchev–Trinajstić information content (AvgIpc) is 2.97. The summed E-state index contributed by atoms with van der Waals surface area (Å²) < 4.78 is 15.1. The number of nitrogens with zero attached hydrogens (tertiary/aromatic N) is 2. The predicted molar refractivity (Wildman–Crippen MR) is 74.9 cm³/mol. The highest BCUT2D eigenvalue weighted by Gasteiger charge is 2.06. The van der Waals surface area contributed by atoms with Gasteiger partial charge in [0.1, 0.15) is 5.82 Å². The second-order valence-corrected chi connectivity index (χ2v) is 4.52. The van der Waals surface area contributed by atoms with E-state index in [0.717, 1.165) is 11.1 Å². The third kappa shape index (κ3) is 2.46. The summed E-state index contributed by atoms with van der Waals surface area (Å²) in [6.45, 7) is -0.197. The minimum absolute atomic E-state index is 0.197. The van der Waals surface area contributed by atoms with Crippen molar-refractivity contribution in [3.05, 3.63) is 72.3 Å². The average molecular weight is 268 g/mol. The number of aliphatic hydroxyl groups excluding tert-OH is 1. The van der Waals surface area contributed by atoms with Gasteiger partial charge in [0.2, 0.25) is 0 Å². The molecule has 1 heterocycles. The molecular formula is C16H13FN2O. The van der Waals surface area contributed by atoms with E-state index >= 15 is 0 Å². The summed E-state index contributed by atoms with van der Waals surface area (Å²) in [5.74, 6) is -0.386. The van der Waals surface area contributed by atoms with Gasteiger partial charge >= 0.3 is 0 Å². The van der Waals surface area contributed by atoms with Crippen LogP contribution in [0.2, 0.25) is 0 Å². The van der Waals surface area contributed by atoms with Gasteiger partial charge in [-0.2, -0.15) is 5.10 Å². The summed E-state index contributed by atoms with van der Waals surface area (Å²) in [6, 6.07) is 14.3. The molecule has 0 bridgehead atoms. The molecule has 20 heavy (non-hydrogen) atoms. The maximum Gasteiger partial charge on any atom is 0.125 e. The van der Waals surface area contributed by atoms with Crippen LogP contribution in [0, 0.1) is 5.82 Å². The Kier molecular flexibility index (Phi) is 3.31. The molecule has 0 radical (unpaired) electrons. The third-order valence-corrected chi connectivity index (χ3v) is 3.08. The van der Waals surface area contributed by atoms with Crippen LogP contribution < -0.4 is 0 Å². The Hall–Kier alpha value is -2.46. The van der Waals surface area contributed by atoms with Gasteiger partial charge in [0.15, 0.2) is 0 Å². The van der Waals surface area contributed by atoms with Crippen LogP contribution in [0.5, 0.6) is 0 Å². The molecule has 0 amide bonds. The van der Waals surface area contributed by atoms with Gasteiger partial charge in [-0.15, -0.1) is 0 Å². The van der Waals surface area contributed by atoms with Gasteiger partial charge in [0.05, 0.1) is 18.5 Å². The van der Waals surface area contributed by atoms with Crippen LogP contribution in [-0.2, 0) is 6.61 Å². The molecule has 0 unspecified atom stereocenters. The second-order valence-electron chi connectivity index (χ2n) is 4.52. The quantitative estimate of drug-likeness (QED) is 0.792. The maximum absolute atomic E-state index is 13.5. The van der Waals surface area contributed by atoms with E-state index in [2.05, 4.69) is 5.10 Å². The molecule has 0 aliphatic carbocycles. The first-order valence-electron chi connectivity index (χ1n) is 6.27. The molecule has 0 spiro atoms. The SMILES string of the molecule is OCc1cc(F)cc(-n2cc(-c3ccccc3)cn2)c1. The van der Waals surface area contributed by atoms with E-state index in [1.54, 1.807) is 16.9 Å². The Morgan fingerprint density at radius 1 is 1.05 bits per heavy atom. The summed E-state index contributed by atoms with van der Waals surface area (Å²) in [6.07, 6.45) is 3.57. The van der Waals surface area contributed by atoms with E-state index in [0.29, 0.717) is 11.3 Å².